The zero-order chi connectivity index (χ0) is 13.0. The van der Waals surface area contributed by atoms with E-state index in [-0.39, 0.29) is 16.7 Å². The predicted octanol–water partition coefficient (Wildman–Crippen LogP) is 0.646. The van der Waals surface area contributed by atoms with Crippen LogP contribution in [0.2, 0.25) is 0 Å². The fraction of sp³-hybridized carbons (Fsp3) is 0.455. The summed E-state index contributed by atoms with van der Waals surface area (Å²) in [5.74, 6) is 0.419. The number of nitrogen functional groups attached to an aromatic ring is 1. The lowest BCUT2D eigenvalue weighted by molar-refractivity contribution is -0.109. The van der Waals surface area contributed by atoms with Gasteiger partial charge in [0.1, 0.15) is 11.9 Å². The molecule has 0 amide bonds. The highest BCUT2D eigenvalue weighted by Gasteiger charge is 2.22. The molecule has 2 atom stereocenters. The molecule has 94 valence electrons. The normalized spacial score (nSPS) is 14.4. The van der Waals surface area contributed by atoms with Crippen LogP contribution in [-0.2, 0) is 4.79 Å². The lowest BCUT2D eigenvalue weighted by Gasteiger charge is -2.18. The zero-order valence-electron chi connectivity index (χ0n) is 9.75. The summed E-state index contributed by atoms with van der Waals surface area (Å²) in [4.78, 5) is 14.8. The van der Waals surface area contributed by atoms with E-state index in [0.29, 0.717) is 5.69 Å². The van der Waals surface area contributed by atoms with Crippen LogP contribution in [0.15, 0.2) is 12.1 Å². The topological polar surface area (TPSA) is 96.4 Å². The number of nitrogens with two attached hydrogens (primary N) is 1. The summed E-state index contributed by atoms with van der Waals surface area (Å²) >= 11 is 0.964. The maximum absolute atomic E-state index is 10.8. The molecule has 0 fully saturated rings. The van der Waals surface area contributed by atoms with Gasteiger partial charge in [-0.05, 0) is 18.6 Å². The molecule has 4 N–H and O–H groups in total. The molecule has 2 unspecified atom stereocenters. The number of rotatable bonds is 4. The Morgan fingerprint density at radius 2 is 2.18 bits per heavy atom. The number of aryl methyl sites for hydroxylation is 1. The maximum Gasteiger partial charge on any atom is 0.185 e. The van der Waals surface area contributed by atoms with Gasteiger partial charge < -0.3 is 15.9 Å². The van der Waals surface area contributed by atoms with Gasteiger partial charge in [0, 0.05) is 12.7 Å². The Morgan fingerprint density at radius 3 is 2.76 bits per heavy atom. The average Bonchev–Trinajstić information content (AvgIpc) is 2.28. The van der Waals surface area contributed by atoms with Gasteiger partial charge in [-0.1, -0.05) is 17.8 Å². The third kappa shape index (κ3) is 3.99. The lowest BCUT2D eigenvalue weighted by Crippen LogP contribution is -2.23. The fourth-order valence-electron chi connectivity index (χ4n) is 1.34. The Labute approximate surface area is 104 Å². The molecule has 6 heteroatoms. The van der Waals surface area contributed by atoms with Crippen molar-refractivity contribution < 1.29 is 15.0 Å². The first kappa shape index (κ1) is 14.0. The first-order valence-electron chi connectivity index (χ1n) is 5.14. The van der Waals surface area contributed by atoms with Gasteiger partial charge in [-0.3, -0.25) is 4.79 Å². The number of anilines is 1. The second-order valence-electron chi connectivity index (χ2n) is 3.75. The van der Waals surface area contributed by atoms with Crippen LogP contribution < -0.4 is 5.73 Å². The first-order chi connectivity index (χ1) is 7.91. The molecule has 1 rings (SSSR count). The molecule has 0 spiro atoms. The van der Waals surface area contributed by atoms with Crippen molar-refractivity contribution in [3.05, 3.63) is 23.4 Å². The van der Waals surface area contributed by atoms with Crippen molar-refractivity contribution in [1.29, 1.82) is 0 Å². The molecule has 1 aromatic rings. The molecule has 17 heavy (non-hydrogen) atoms. The summed E-state index contributed by atoms with van der Waals surface area (Å²) in [5.41, 5.74) is 6.62. The molecule has 0 saturated heterocycles. The number of pyridine rings is 1. The van der Waals surface area contributed by atoms with E-state index in [2.05, 4.69) is 4.98 Å². The molecule has 1 heterocycles. The number of hydrogen-bond acceptors (Lipinski definition) is 6. The van der Waals surface area contributed by atoms with Crippen LogP contribution in [0, 0.1) is 6.92 Å². The van der Waals surface area contributed by atoms with Gasteiger partial charge in [0.25, 0.3) is 0 Å². The highest BCUT2D eigenvalue weighted by molar-refractivity contribution is 8.13. The predicted molar refractivity (Wildman–Crippen MR) is 67.5 cm³/mol. The third-order valence-electron chi connectivity index (χ3n) is 2.26. The highest BCUT2D eigenvalue weighted by atomic mass is 32.2. The second-order valence-corrected chi connectivity index (χ2v) is 4.95. The van der Waals surface area contributed by atoms with E-state index >= 15 is 0 Å². The van der Waals surface area contributed by atoms with Crippen molar-refractivity contribution in [3.8, 4) is 0 Å². The van der Waals surface area contributed by atoms with Crippen molar-refractivity contribution in [2.75, 3.05) is 11.5 Å². The average molecular weight is 256 g/mol. The minimum Gasteiger partial charge on any atom is -0.389 e. The summed E-state index contributed by atoms with van der Waals surface area (Å²) in [7, 11) is 0. The van der Waals surface area contributed by atoms with Gasteiger partial charge in [0.05, 0.1) is 11.8 Å². The van der Waals surface area contributed by atoms with E-state index in [9.17, 15) is 15.0 Å². The van der Waals surface area contributed by atoms with Crippen LogP contribution in [0.3, 0.4) is 0 Å². The van der Waals surface area contributed by atoms with Crippen LogP contribution in [0.4, 0.5) is 5.82 Å². The first-order valence-corrected chi connectivity index (χ1v) is 6.13. The van der Waals surface area contributed by atoms with E-state index < -0.39 is 12.2 Å². The number of thioether (sulfide) groups is 1. The van der Waals surface area contributed by atoms with Crippen molar-refractivity contribution in [3.63, 3.8) is 0 Å². The van der Waals surface area contributed by atoms with Gasteiger partial charge in [-0.25, -0.2) is 4.98 Å². The lowest BCUT2D eigenvalue weighted by atomic mass is 10.1. The number of aromatic nitrogens is 1. The largest absolute Gasteiger partial charge is 0.389 e. The van der Waals surface area contributed by atoms with Crippen LogP contribution >= 0.6 is 11.8 Å². The van der Waals surface area contributed by atoms with Gasteiger partial charge in [0.15, 0.2) is 5.12 Å². The van der Waals surface area contributed by atoms with Crippen LogP contribution in [0.1, 0.15) is 24.3 Å². The molecule has 0 aromatic carbocycles. The van der Waals surface area contributed by atoms with E-state index in [1.807, 2.05) is 0 Å². The standard InChI is InChI=1S/C11H16N2O3S/c1-6-3-4-9(12)13-10(6)11(16)8(15)5-17-7(2)14/h3-4,8,11,15-16H,5H2,1-2H3,(H2,12,13). The second kappa shape index (κ2) is 6.00. The van der Waals surface area contributed by atoms with Gasteiger partial charge in [0.2, 0.25) is 0 Å². The molecular weight excluding hydrogens is 240 g/mol. The quantitative estimate of drug-likeness (QED) is 0.732. The van der Waals surface area contributed by atoms with Crippen molar-refractivity contribution in [2.24, 2.45) is 0 Å². The summed E-state index contributed by atoms with van der Waals surface area (Å²) < 4.78 is 0. The molecular formula is C11H16N2O3S. The Kier molecular flexibility index (Phi) is 4.92. The number of carbonyl (C=O) groups excluding carboxylic acids is 1. The molecule has 0 saturated carbocycles. The number of nitrogens with zero attached hydrogens (tertiary/aromatic N) is 1. The summed E-state index contributed by atoms with van der Waals surface area (Å²) in [6, 6.07) is 3.36. The molecule has 0 aliphatic rings. The third-order valence-corrected chi connectivity index (χ3v) is 3.17. The van der Waals surface area contributed by atoms with Crippen molar-refractivity contribution >= 4 is 22.7 Å². The van der Waals surface area contributed by atoms with E-state index in [0.717, 1.165) is 17.3 Å². The van der Waals surface area contributed by atoms with Crippen molar-refractivity contribution in [1.82, 2.24) is 4.98 Å². The van der Waals surface area contributed by atoms with Gasteiger partial charge >= 0.3 is 0 Å². The number of aliphatic hydroxyl groups excluding tert-OH is 2. The van der Waals surface area contributed by atoms with E-state index in [1.165, 1.54) is 6.92 Å². The van der Waals surface area contributed by atoms with Crippen LogP contribution in [0.25, 0.3) is 0 Å². The van der Waals surface area contributed by atoms with Crippen molar-refractivity contribution in [2.45, 2.75) is 26.1 Å². The molecule has 0 bridgehead atoms. The fourth-order valence-corrected chi connectivity index (χ4v) is 1.92. The molecule has 5 nitrogen and oxygen atoms in total. The SMILES string of the molecule is CC(=O)SCC(O)C(O)c1nc(N)ccc1C. The maximum atomic E-state index is 10.8. The van der Waals surface area contributed by atoms with Crippen LogP contribution in [0.5, 0.6) is 0 Å². The summed E-state index contributed by atoms with van der Waals surface area (Å²) in [5, 5.41) is 19.5. The monoisotopic (exact) mass is 256 g/mol. The Hall–Kier alpha value is -1.11. The Balaban J connectivity index is 2.77. The molecule has 0 radical (unpaired) electrons. The Morgan fingerprint density at radius 1 is 1.53 bits per heavy atom. The molecule has 0 aliphatic carbocycles. The molecule has 0 aliphatic heterocycles. The Bertz CT molecular complexity index is 412. The minimum atomic E-state index is -1.13. The molecule has 1 aromatic heterocycles. The van der Waals surface area contributed by atoms with E-state index in [4.69, 9.17) is 5.73 Å². The number of carbonyl (C=O) groups is 1. The minimum absolute atomic E-state index is 0.103. The smallest absolute Gasteiger partial charge is 0.185 e. The highest BCUT2D eigenvalue weighted by Crippen LogP contribution is 2.22. The van der Waals surface area contributed by atoms with Crippen LogP contribution in [-0.4, -0.2) is 32.2 Å². The summed E-state index contributed by atoms with van der Waals surface area (Å²) in [6.45, 7) is 3.18. The van der Waals surface area contributed by atoms with E-state index in [1.54, 1.807) is 19.1 Å². The number of hydrogen-bond donors (Lipinski definition) is 3. The van der Waals surface area contributed by atoms with Gasteiger partial charge in [-0.2, -0.15) is 0 Å². The van der Waals surface area contributed by atoms with Gasteiger partial charge in [-0.15, -0.1) is 0 Å². The summed E-state index contributed by atoms with van der Waals surface area (Å²) in [6.07, 6.45) is -2.18. The zero-order valence-corrected chi connectivity index (χ0v) is 10.6. The number of aliphatic hydroxyl groups is 2.